The van der Waals surface area contributed by atoms with E-state index in [1.165, 1.54) is 0 Å². The van der Waals surface area contributed by atoms with Crippen molar-refractivity contribution >= 4 is 44.3 Å². The minimum Gasteiger partial charge on any atom is -0.310 e. The summed E-state index contributed by atoms with van der Waals surface area (Å²) in [6.07, 6.45) is 0. The molecule has 47 heavy (non-hydrogen) atoms. The molecule has 5 nitrogen and oxygen atoms in total. The minimum atomic E-state index is 0.304. The second kappa shape index (κ2) is 12.1. The van der Waals surface area contributed by atoms with Gasteiger partial charge in [-0.2, -0.15) is 15.8 Å². The second-order valence-electron chi connectivity index (χ2n) is 11.0. The molecule has 216 valence electrons. The lowest BCUT2D eigenvalue weighted by Crippen LogP contribution is -2.10. The molecule has 0 aromatic heterocycles. The summed E-state index contributed by atoms with van der Waals surface area (Å²) in [5, 5.41) is 32.9. The fraction of sp³-hybridized carbons (Fsp3) is 0. The summed E-state index contributed by atoms with van der Waals surface area (Å²) in [7, 11) is 0. The summed E-state index contributed by atoms with van der Waals surface area (Å²) in [4.78, 5) is 5.76. The predicted octanol–water partition coefficient (Wildman–Crippen LogP) is 11.0. The molecule has 0 radical (unpaired) electrons. The quantitative estimate of drug-likeness (QED) is 0.185. The monoisotopic (exact) mass is 597 g/mol. The number of nitriles is 3. The highest BCUT2D eigenvalue weighted by atomic mass is 15.1. The second-order valence-corrected chi connectivity index (χ2v) is 11.0. The van der Waals surface area contributed by atoms with Crippen molar-refractivity contribution in [1.82, 2.24) is 0 Å². The van der Waals surface area contributed by atoms with Gasteiger partial charge in [-0.15, -0.1) is 0 Å². The highest BCUT2D eigenvalue weighted by Gasteiger charge is 2.17. The molecule has 0 heterocycles. The van der Waals surface area contributed by atoms with E-state index in [4.69, 9.17) is 6.57 Å². The molecule has 7 aromatic rings. The standard InChI is InChI=1S/C42H23N5/c1-46-42-23-22-38(40-8-4-5-9-41(40)42)29-12-18-34(19-13-29)47(35-20-14-30(25-43)32(24-35)27-45)33-16-10-28(11-17-33)37-21-15-31(26-44)36-6-2-3-7-39(36)37/h2-24H. The SMILES string of the molecule is [C-]#[N+]c1ccc(-c2ccc(N(c3ccc(-c4ccc(C#N)c5ccccc45)cc3)c3ccc(C#N)c(C#N)c3)cc2)c2ccccc12. The third kappa shape index (κ3) is 5.08. The largest absolute Gasteiger partial charge is 0.310 e. The van der Waals surface area contributed by atoms with E-state index in [1.54, 1.807) is 12.1 Å². The van der Waals surface area contributed by atoms with Crippen LogP contribution in [0.15, 0.2) is 140 Å². The third-order valence-electron chi connectivity index (χ3n) is 8.44. The van der Waals surface area contributed by atoms with Crippen molar-refractivity contribution in [2.24, 2.45) is 0 Å². The molecule has 0 unspecified atom stereocenters. The summed E-state index contributed by atoms with van der Waals surface area (Å²) in [6.45, 7) is 7.58. The number of benzene rings is 7. The summed E-state index contributed by atoms with van der Waals surface area (Å²) in [5.41, 5.74) is 8.48. The van der Waals surface area contributed by atoms with Gasteiger partial charge >= 0.3 is 0 Å². The van der Waals surface area contributed by atoms with Gasteiger partial charge in [0.25, 0.3) is 0 Å². The lowest BCUT2D eigenvalue weighted by Gasteiger charge is -2.26. The van der Waals surface area contributed by atoms with Crippen LogP contribution in [0.2, 0.25) is 0 Å². The van der Waals surface area contributed by atoms with Crippen LogP contribution in [0.1, 0.15) is 16.7 Å². The highest BCUT2D eigenvalue weighted by Crippen LogP contribution is 2.40. The van der Waals surface area contributed by atoms with Gasteiger partial charge in [-0.25, -0.2) is 4.85 Å². The van der Waals surface area contributed by atoms with E-state index in [1.807, 2.05) is 103 Å². The van der Waals surface area contributed by atoms with Crippen LogP contribution in [0, 0.1) is 40.6 Å². The number of fused-ring (bicyclic) bond motifs is 2. The van der Waals surface area contributed by atoms with Crippen LogP contribution >= 0.6 is 0 Å². The van der Waals surface area contributed by atoms with Crippen molar-refractivity contribution in [3.63, 3.8) is 0 Å². The Balaban J connectivity index is 1.33. The van der Waals surface area contributed by atoms with Crippen molar-refractivity contribution in [3.05, 3.63) is 168 Å². The van der Waals surface area contributed by atoms with E-state index in [-0.39, 0.29) is 0 Å². The Hall–Kier alpha value is -7.18. The summed E-state index contributed by atoms with van der Waals surface area (Å²) in [6, 6.07) is 51.8. The molecular weight excluding hydrogens is 574 g/mol. The molecule has 5 heteroatoms. The van der Waals surface area contributed by atoms with Crippen LogP contribution in [0.4, 0.5) is 22.7 Å². The molecule has 7 aromatic carbocycles. The van der Waals surface area contributed by atoms with Crippen molar-refractivity contribution in [2.75, 3.05) is 4.90 Å². The smallest absolute Gasteiger partial charge is 0.194 e. The fourth-order valence-electron chi connectivity index (χ4n) is 6.17. The predicted molar refractivity (Wildman–Crippen MR) is 187 cm³/mol. The van der Waals surface area contributed by atoms with Crippen LogP contribution in [0.3, 0.4) is 0 Å². The Labute approximate surface area is 272 Å². The third-order valence-corrected chi connectivity index (χ3v) is 8.44. The van der Waals surface area contributed by atoms with Crippen LogP contribution in [0.25, 0.3) is 48.6 Å². The number of nitrogens with zero attached hydrogens (tertiary/aromatic N) is 5. The molecule has 0 bridgehead atoms. The van der Waals surface area contributed by atoms with E-state index >= 15 is 0 Å². The first kappa shape index (κ1) is 28.6. The molecule has 0 N–H and O–H groups in total. The Bertz CT molecular complexity index is 2360. The van der Waals surface area contributed by atoms with Gasteiger partial charge in [-0.1, -0.05) is 91.0 Å². The number of hydrogen-bond donors (Lipinski definition) is 0. The molecular formula is C42H23N5. The number of hydrogen-bond acceptors (Lipinski definition) is 4. The van der Waals surface area contributed by atoms with Gasteiger partial charge in [0, 0.05) is 22.4 Å². The first-order valence-corrected chi connectivity index (χ1v) is 14.9. The van der Waals surface area contributed by atoms with Crippen molar-refractivity contribution < 1.29 is 0 Å². The van der Waals surface area contributed by atoms with Crippen molar-refractivity contribution in [1.29, 1.82) is 15.8 Å². The lowest BCUT2D eigenvalue weighted by atomic mass is 9.95. The molecule has 0 aliphatic heterocycles. The molecule has 0 saturated heterocycles. The van der Waals surface area contributed by atoms with Gasteiger partial charge < -0.3 is 4.90 Å². The Morgan fingerprint density at radius 2 is 0.915 bits per heavy atom. The summed E-state index contributed by atoms with van der Waals surface area (Å²) < 4.78 is 0. The Morgan fingerprint density at radius 1 is 0.447 bits per heavy atom. The topological polar surface area (TPSA) is 79.0 Å². The van der Waals surface area contributed by atoms with Crippen molar-refractivity contribution in [3.8, 4) is 40.5 Å². The maximum absolute atomic E-state index is 9.81. The van der Waals surface area contributed by atoms with Gasteiger partial charge in [0.05, 0.1) is 29.3 Å². The molecule has 0 aliphatic rings. The highest BCUT2D eigenvalue weighted by molar-refractivity contribution is 6.04. The molecule has 0 amide bonds. The molecule has 0 fully saturated rings. The van der Waals surface area contributed by atoms with E-state index in [0.29, 0.717) is 22.4 Å². The fourth-order valence-corrected chi connectivity index (χ4v) is 6.17. The normalized spacial score (nSPS) is 10.5. The first-order valence-electron chi connectivity index (χ1n) is 14.9. The van der Waals surface area contributed by atoms with Gasteiger partial charge in [0.2, 0.25) is 0 Å². The van der Waals surface area contributed by atoms with Crippen LogP contribution in [0.5, 0.6) is 0 Å². The van der Waals surface area contributed by atoms with E-state index in [9.17, 15) is 15.8 Å². The van der Waals surface area contributed by atoms with Gasteiger partial charge in [0.1, 0.15) is 12.1 Å². The van der Waals surface area contributed by atoms with E-state index < -0.39 is 0 Å². The average Bonchev–Trinajstić information content (AvgIpc) is 3.14. The minimum absolute atomic E-state index is 0.304. The summed E-state index contributed by atoms with van der Waals surface area (Å²) >= 11 is 0. The molecule has 7 rings (SSSR count). The average molecular weight is 598 g/mol. The number of anilines is 3. The van der Waals surface area contributed by atoms with Gasteiger partial charge in [0.15, 0.2) is 5.69 Å². The van der Waals surface area contributed by atoms with Crippen LogP contribution in [-0.4, -0.2) is 0 Å². The van der Waals surface area contributed by atoms with E-state index in [2.05, 4.69) is 52.2 Å². The first-order chi connectivity index (χ1) is 23.1. The zero-order valence-corrected chi connectivity index (χ0v) is 25.0. The lowest BCUT2D eigenvalue weighted by molar-refractivity contribution is 1.27. The molecule has 0 saturated carbocycles. The van der Waals surface area contributed by atoms with E-state index in [0.717, 1.165) is 60.9 Å². The Kier molecular flexibility index (Phi) is 7.34. The zero-order chi connectivity index (χ0) is 32.3. The van der Waals surface area contributed by atoms with Gasteiger partial charge in [-0.3, -0.25) is 0 Å². The van der Waals surface area contributed by atoms with Crippen molar-refractivity contribution in [2.45, 2.75) is 0 Å². The van der Waals surface area contributed by atoms with Crippen LogP contribution in [-0.2, 0) is 0 Å². The van der Waals surface area contributed by atoms with Crippen LogP contribution < -0.4 is 4.90 Å². The zero-order valence-electron chi connectivity index (χ0n) is 25.0. The maximum atomic E-state index is 9.81. The Morgan fingerprint density at radius 3 is 1.47 bits per heavy atom. The molecule has 0 spiro atoms. The molecule has 0 aliphatic carbocycles. The van der Waals surface area contributed by atoms with Gasteiger partial charge in [-0.05, 0) is 86.9 Å². The maximum Gasteiger partial charge on any atom is 0.194 e. The summed E-state index contributed by atoms with van der Waals surface area (Å²) in [5.74, 6) is 0. The molecule has 0 atom stereocenters. The number of rotatable bonds is 5.